The summed E-state index contributed by atoms with van der Waals surface area (Å²) in [6, 6.07) is 9.66. The third kappa shape index (κ3) is 3.65. The highest BCUT2D eigenvalue weighted by atomic mass is 32.2. The lowest BCUT2D eigenvalue weighted by molar-refractivity contribution is 0.130. The molecule has 1 heterocycles. The topological polar surface area (TPSA) is 64.1 Å². The van der Waals surface area contributed by atoms with Crippen LogP contribution in [0.1, 0.15) is 19.4 Å². The Bertz CT molecular complexity index is 707. The summed E-state index contributed by atoms with van der Waals surface area (Å²) in [4.78, 5) is 27.4. The van der Waals surface area contributed by atoms with Crippen LogP contribution in [0.25, 0.3) is 0 Å². The maximum atomic E-state index is 12.1. The Kier molecular flexibility index (Phi) is 5.41. The van der Waals surface area contributed by atoms with Gasteiger partial charge in [0.15, 0.2) is 0 Å². The summed E-state index contributed by atoms with van der Waals surface area (Å²) in [5.74, 6) is 0. The first-order valence-electron chi connectivity index (χ1n) is 6.84. The van der Waals surface area contributed by atoms with Crippen LogP contribution in [0, 0.1) is 0 Å². The van der Waals surface area contributed by atoms with Crippen molar-refractivity contribution in [2.45, 2.75) is 36.9 Å². The summed E-state index contributed by atoms with van der Waals surface area (Å²) in [5.41, 5.74) is -0.273. The predicted molar refractivity (Wildman–Crippen MR) is 82.9 cm³/mol. The zero-order chi connectivity index (χ0) is 15.2. The Morgan fingerprint density at radius 2 is 1.90 bits per heavy atom. The molecule has 0 atom stereocenters. The van der Waals surface area contributed by atoms with E-state index >= 15 is 0 Å². The average Bonchev–Trinajstić information content (AvgIpc) is 2.48. The van der Waals surface area contributed by atoms with E-state index in [1.54, 1.807) is 4.57 Å². The van der Waals surface area contributed by atoms with Crippen molar-refractivity contribution in [1.82, 2.24) is 9.55 Å². The van der Waals surface area contributed by atoms with Crippen LogP contribution >= 0.6 is 11.8 Å². The van der Waals surface area contributed by atoms with E-state index in [9.17, 15) is 9.59 Å². The molecule has 1 N–H and O–H groups in total. The summed E-state index contributed by atoms with van der Waals surface area (Å²) < 4.78 is 6.93. The Morgan fingerprint density at radius 1 is 1.19 bits per heavy atom. The molecule has 21 heavy (non-hydrogen) atoms. The van der Waals surface area contributed by atoms with Gasteiger partial charge in [-0.1, -0.05) is 30.0 Å². The Labute approximate surface area is 127 Å². The van der Waals surface area contributed by atoms with Crippen molar-refractivity contribution in [2.24, 2.45) is 0 Å². The molecule has 0 saturated carbocycles. The number of aromatic amines is 1. The van der Waals surface area contributed by atoms with Gasteiger partial charge in [0.2, 0.25) is 0 Å². The van der Waals surface area contributed by atoms with Crippen LogP contribution in [0.15, 0.2) is 49.8 Å². The molecule has 0 radical (unpaired) electrons. The summed E-state index contributed by atoms with van der Waals surface area (Å²) in [7, 11) is 0. The number of benzene rings is 1. The van der Waals surface area contributed by atoms with Gasteiger partial charge in [-0.3, -0.25) is 14.3 Å². The second-order valence-corrected chi connectivity index (χ2v) is 5.40. The summed E-state index contributed by atoms with van der Waals surface area (Å²) in [6.07, 6.45) is 0. The lowest BCUT2D eigenvalue weighted by Crippen LogP contribution is -2.33. The molecule has 0 bridgehead atoms. The quantitative estimate of drug-likeness (QED) is 0.831. The van der Waals surface area contributed by atoms with Gasteiger partial charge >= 0.3 is 5.69 Å². The number of aromatic nitrogens is 2. The summed E-state index contributed by atoms with van der Waals surface area (Å²) in [5, 5.41) is 0.644. The first-order chi connectivity index (χ1) is 10.2. The largest absolute Gasteiger partial charge is 0.377 e. The first kappa shape index (κ1) is 15.6. The van der Waals surface area contributed by atoms with Crippen LogP contribution in [-0.4, -0.2) is 16.2 Å². The zero-order valence-corrected chi connectivity index (χ0v) is 12.9. The van der Waals surface area contributed by atoms with Gasteiger partial charge in [-0.25, -0.2) is 4.79 Å². The number of hydrogen-bond acceptors (Lipinski definition) is 4. The smallest absolute Gasteiger partial charge is 0.329 e. The lowest BCUT2D eigenvalue weighted by Gasteiger charge is -2.14. The van der Waals surface area contributed by atoms with E-state index in [2.05, 4.69) is 4.98 Å². The third-order valence-electron chi connectivity index (χ3n) is 2.97. The molecule has 2 aromatic rings. The van der Waals surface area contributed by atoms with Crippen LogP contribution in [-0.2, 0) is 17.9 Å². The van der Waals surface area contributed by atoms with Crippen molar-refractivity contribution in [3.63, 3.8) is 0 Å². The molecule has 1 aromatic heterocycles. The highest BCUT2D eigenvalue weighted by Gasteiger charge is 2.15. The summed E-state index contributed by atoms with van der Waals surface area (Å²) >= 11 is 1.41. The highest BCUT2D eigenvalue weighted by Crippen LogP contribution is 2.28. The second-order valence-electron chi connectivity index (χ2n) is 4.34. The van der Waals surface area contributed by atoms with Gasteiger partial charge in [-0.05, 0) is 26.0 Å². The van der Waals surface area contributed by atoms with E-state index in [4.69, 9.17) is 4.74 Å². The molecule has 0 aliphatic heterocycles. The molecule has 0 saturated heterocycles. The standard InChI is InChI=1S/C15H18N2O3S/c1-3-17-14(21-11-8-6-5-7-9-11)12(10-20-4-2)13(18)16-15(17)19/h5-9H,3-4,10H2,1-2H3,(H,16,18,19). The maximum absolute atomic E-state index is 12.1. The predicted octanol–water partition coefficient (Wildman–Crippen LogP) is 2.24. The van der Waals surface area contributed by atoms with Crippen molar-refractivity contribution in [1.29, 1.82) is 0 Å². The van der Waals surface area contributed by atoms with E-state index in [-0.39, 0.29) is 17.9 Å². The highest BCUT2D eigenvalue weighted by molar-refractivity contribution is 7.99. The molecule has 0 aliphatic rings. The SMILES string of the molecule is CCOCc1c(Sc2ccccc2)n(CC)c(=O)[nH]c1=O. The van der Waals surface area contributed by atoms with E-state index < -0.39 is 0 Å². The van der Waals surface area contributed by atoms with Crippen LogP contribution in [0.5, 0.6) is 0 Å². The minimum atomic E-state index is -0.388. The van der Waals surface area contributed by atoms with Crippen molar-refractivity contribution in [3.8, 4) is 0 Å². The fourth-order valence-electron chi connectivity index (χ4n) is 1.93. The molecule has 0 fully saturated rings. The molecule has 0 spiro atoms. The molecular weight excluding hydrogens is 288 g/mol. The molecule has 0 aliphatic carbocycles. The molecule has 1 aromatic carbocycles. The van der Waals surface area contributed by atoms with Crippen LogP contribution in [0.3, 0.4) is 0 Å². The van der Waals surface area contributed by atoms with Crippen molar-refractivity contribution >= 4 is 11.8 Å². The number of nitrogens with one attached hydrogen (secondary N) is 1. The van der Waals surface area contributed by atoms with Crippen LogP contribution in [0.2, 0.25) is 0 Å². The minimum Gasteiger partial charge on any atom is -0.377 e. The third-order valence-corrected chi connectivity index (χ3v) is 4.14. The second kappa shape index (κ2) is 7.28. The Hall–Kier alpha value is -1.79. The van der Waals surface area contributed by atoms with Gasteiger partial charge in [0, 0.05) is 18.0 Å². The number of ether oxygens (including phenoxy) is 1. The van der Waals surface area contributed by atoms with Crippen molar-refractivity contribution < 1.29 is 4.74 Å². The number of rotatable bonds is 6. The van der Waals surface area contributed by atoms with Gasteiger partial charge in [0.05, 0.1) is 17.2 Å². The van der Waals surface area contributed by atoms with Gasteiger partial charge in [-0.15, -0.1) is 0 Å². The molecule has 2 rings (SSSR count). The number of H-pyrrole nitrogens is 1. The number of nitrogens with zero attached hydrogens (tertiary/aromatic N) is 1. The lowest BCUT2D eigenvalue weighted by atomic mass is 10.3. The van der Waals surface area contributed by atoms with E-state index in [1.165, 1.54) is 11.8 Å². The molecular formula is C15H18N2O3S. The van der Waals surface area contributed by atoms with Crippen LogP contribution < -0.4 is 11.2 Å². The number of hydrogen-bond donors (Lipinski definition) is 1. The van der Waals surface area contributed by atoms with Crippen LogP contribution in [0.4, 0.5) is 0 Å². The van der Waals surface area contributed by atoms with E-state index in [1.807, 2.05) is 44.2 Å². The van der Waals surface area contributed by atoms with Gasteiger partial charge in [0.1, 0.15) is 0 Å². The Morgan fingerprint density at radius 3 is 2.52 bits per heavy atom. The minimum absolute atomic E-state index is 0.196. The fourth-order valence-corrected chi connectivity index (χ4v) is 3.04. The summed E-state index contributed by atoms with van der Waals surface area (Å²) in [6.45, 7) is 4.94. The fraction of sp³-hybridized carbons (Fsp3) is 0.333. The van der Waals surface area contributed by atoms with Gasteiger partial charge in [0.25, 0.3) is 5.56 Å². The zero-order valence-electron chi connectivity index (χ0n) is 12.1. The Balaban J connectivity index is 2.53. The first-order valence-corrected chi connectivity index (χ1v) is 7.65. The average molecular weight is 306 g/mol. The van der Waals surface area contributed by atoms with E-state index in [0.717, 1.165) is 4.90 Å². The van der Waals surface area contributed by atoms with Gasteiger partial charge < -0.3 is 4.74 Å². The maximum Gasteiger partial charge on any atom is 0.329 e. The van der Waals surface area contributed by atoms with E-state index in [0.29, 0.717) is 23.7 Å². The molecule has 5 nitrogen and oxygen atoms in total. The molecule has 0 unspecified atom stereocenters. The molecule has 0 amide bonds. The van der Waals surface area contributed by atoms with Gasteiger partial charge in [-0.2, -0.15) is 0 Å². The van der Waals surface area contributed by atoms with Crippen molar-refractivity contribution in [2.75, 3.05) is 6.61 Å². The van der Waals surface area contributed by atoms with Crippen molar-refractivity contribution in [3.05, 3.63) is 56.7 Å². The molecule has 112 valence electrons. The normalized spacial score (nSPS) is 10.8. The molecule has 6 heteroatoms. The monoisotopic (exact) mass is 306 g/mol.